The van der Waals surface area contributed by atoms with E-state index in [4.69, 9.17) is 21.1 Å². The van der Waals surface area contributed by atoms with Gasteiger partial charge in [0.25, 0.3) is 5.06 Å². The van der Waals surface area contributed by atoms with Crippen molar-refractivity contribution in [1.29, 1.82) is 0 Å². The van der Waals surface area contributed by atoms with Gasteiger partial charge in [0.2, 0.25) is 0 Å². The van der Waals surface area contributed by atoms with Gasteiger partial charge in [-0.25, -0.2) is 4.79 Å². The molecule has 4 heteroatoms. The first-order chi connectivity index (χ1) is 7.62. The Kier molecular flexibility index (Phi) is 4.62. The Hall–Kier alpha value is -1.22. The van der Waals surface area contributed by atoms with E-state index in [1.807, 2.05) is 18.2 Å². The maximum Gasteiger partial charge on any atom is 0.366 e. The molecule has 0 aliphatic carbocycles. The molecule has 1 atom stereocenters. The van der Waals surface area contributed by atoms with Crippen LogP contribution in [-0.4, -0.2) is 17.6 Å². The third kappa shape index (κ3) is 3.14. The van der Waals surface area contributed by atoms with E-state index in [1.54, 1.807) is 26.0 Å². The molecule has 0 saturated heterocycles. The third-order valence-electron chi connectivity index (χ3n) is 2.06. The Balaban J connectivity index is 2.78. The largest absolute Gasteiger partial charge is 0.462 e. The number of halogens is 1. The maximum absolute atomic E-state index is 11.6. The second-order valence-electron chi connectivity index (χ2n) is 3.22. The first kappa shape index (κ1) is 12.8. The van der Waals surface area contributed by atoms with Crippen LogP contribution in [0, 0.1) is 0 Å². The Morgan fingerprint density at radius 1 is 1.31 bits per heavy atom. The summed E-state index contributed by atoms with van der Waals surface area (Å²) in [6, 6.07) is 8.97. The first-order valence-electron chi connectivity index (χ1n) is 5.22. The van der Waals surface area contributed by atoms with Gasteiger partial charge in [0.15, 0.2) is 0 Å². The lowest BCUT2D eigenvalue weighted by molar-refractivity contribution is -0.154. The van der Waals surface area contributed by atoms with Crippen LogP contribution < -0.4 is 4.74 Å². The van der Waals surface area contributed by atoms with Crippen molar-refractivity contribution in [3.8, 4) is 5.75 Å². The second-order valence-corrected chi connectivity index (χ2v) is 3.83. The fourth-order valence-electron chi connectivity index (χ4n) is 1.17. The zero-order valence-corrected chi connectivity index (χ0v) is 10.2. The summed E-state index contributed by atoms with van der Waals surface area (Å²) in [6.45, 7) is 3.78. The number of carbonyl (C=O) groups is 1. The summed E-state index contributed by atoms with van der Waals surface area (Å²) in [5, 5.41) is -1.43. The van der Waals surface area contributed by atoms with Gasteiger partial charge in [0, 0.05) is 6.42 Å². The number of hydrogen-bond acceptors (Lipinski definition) is 3. The van der Waals surface area contributed by atoms with Gasteiger partial charge in [0.1, 0.15) is 5.75 Å². The average molecular weight is 243 g/mol. The van der Waals surface area contributed by atoms with Crippen LogP contribution >= 0.6 is 11.6 Å². The molecule has 16 heavy (non-hydrogen) atoms. The van der Waals surface area contributed by atoms with E-state index in [-0.39, 0.29) is 6.61 Å². The minimum atomic E-state index is -1.43. The summed E-state index contributed by atoms with van der Waals surface area (Å²) in [5.74, 6) is -0.00424. The average Bonchev–Trinajstić information content (AvgIpc) is 2.30. The van der Waals surface area contributed by atoms with E-state index >= 15 is 0 Å². The summed E-state index contributed by atoms with van der Waals surface area (Å²) in [5.41, 5.74) is 0. The number of para-hydroxylation sites is 1. The second kappa shape index (κ2) is 5.75. The van der Waals surface area contributed by atoms with E-state index < -0.39 is 11.0 Å². The van der Waals surface area contributed by atoms with Crippen molar-refractivity contribution >= 4 is 17.6 Å². The molecular formula is C12H15ClO3. The summed E-state index contributed by atoms with van der Waals surface area (Å²) in [6.07, 6.45) is 0.336. The van der Waals surface area contributed by atoms with Crippen LogP contribution in [0.3, 0.4) is 0 Å². The number of rotatable bonds is 5. The lowest BCUT2D eigenvalue weighted by atomic mass is 10.2. The van der Waals surface area contributed by atoms with E-state index in [0.717, 1.165) is 0 Å². The predicted molar refractivity (Wildman–Crippen MR) is 62.6 cm³/mol. The first-order valence-corrected chi connectivity index (χ1v) is 5.60. The fourth-order valence-corrected chi connectivity index (χ4v) is 1.32. The van der Waals surface area contributed by atoms with E-state index in [2.05, 4.69) is 0 Å². The number of hydrogen-bond donors (Lipinski definition) is 0. The minimum Gasteiger partial charge on any atom is -0.462 e. The highest BCUT2D eigenvalue weighted by molar-refractivity contribution is 6.32. The molecule has 0 aliphatic rings. The molecule has 3 nitrogen and oxygen atoms in total. The zero-order valence-electron chi connectivity index (χ0n) is 9.40. The quantitative estimate of drug-likeness (QED) is 0.588. The topological polar surface area (TPSA) is 35.5 Å². The van der Waals surface area contributed by atoms with Crippen LogP contribution in [0.5, 0.6) is 5.75 Å². The van der Waals surface area contributed by atoms with Crippen LogP contribution in [0.2, 0.25) is 0 Å². The maximum atomic E-state index is 11.6. The van der Waals surface area contributed by atoms with Gasteiger partial charge in [-0.05, 0) is 19.1 Å². The lowest BCUT2D eigenvalue weighted by Gasteiger charge is -2.24. The number of alkyl halides is 1. The van der Waals surface area contributed by atoms with Crippen molar-refractivity contribution < 1.29 is 14.3 Å². The normalized spacial score (nSPS) is 13.9. The number of benzene rings is 1. The van der Waals surface area contributed by atoms with Crippen molar-refractivity contribution in [3.05, 3.63) is 30.3 Å². The van der Waals surface area contributed by atoms with Crippen LogP contribution in [0.15, 0.2) is 30.3 Å². The molecule has 0 aliphatic heterocycles. The van der Waals surface area contributed by atoms with Gasteiger partial charge in [-0.15, -0.1) is 0 Å². The van der Waals surface area contributed by atoms with Gasteiger partial charge in [-0.2, -0.15) is 0 Å². The molecular weight excluding hydrogens is 228 g/mol. The van der Waals surface area contributed by atoms with E-state index in [1.165, 1.54) is 0 Å². The molecule has 0 radical (unpaired) electrons. The molecule has 0 heterocycles. The molecule has 88 valence electrons. The lowest BCUT2D eigenvalue weighted by Crippen LogP contribution is -2.39. The molecule has 0 saturated carbocycles. The number of carbonyl (C=O) groups excluding carboxylic acids is 1. The molecule has 1 aromatic carbocycles. The Morgan fingerprint density at radius 3 is 2.44 bits per heavy atom. The Morgan fingerprint density at radius 2 is 1.94 bits per heavy atom. The summed E-state index contributed by atoms with van der Waals surface area (Å²) >= 11 is 6.09. The van der Waals surface area contributed by atoms with Crippen LogP contribution in [-0.2, 0) is 9.53 Å². The fraction of sp³-hybridized carbons (Fsp3) is 0.417. The molecule has 0 N–H and O–H groups in total. The van der Waals surface area contributed by atoms with Crippen molar-refractivity contribution in [1.82, 2.24) is 0 Å². The highest BCUT2D eigenvalue weighted by atomic mass is 35.5. The minimum absolute atomic E-state index is 0.283. The van der Waals surface area contributed by atoms with E-state index in [9.17, 15) is 4.79 Å². The Bertz CT molecular complexity index is 339. The zero-order chi connectivity index (χ0) is 12.0. The molecule has 0 amide bonds. The van der Waals surface area contributed by atoms with Crippen molar-refractivity contribution in [2.45, 2.75) is 25.3 Å². The van der Waals surface area contributed by atoms with Crippen molar-refractivity contribution in [2.75, 3.05) is 6.61 Å². The van der Waals surface area contributed by atoms with Crippen LogP contribution in [0.25, 0.3) is 0 Å². The Labute approximate surface area is 100 Å². The summed E-state index contributed by atoms with van der Waals surface area (Å²) in [7, 11) is 0. The molecule has 1 unspecified atom stereocenters. The highest BCUT2D eigenvalue weighted by Gasteiger charge is 2.38. The summed E-state index contributed by atoms with van der Waals surface area (Å²) < 4.78 is 10.3. The molecule has 0 spiro atoms. The SMILES string of the molecule is CCOC(=O)C(Cl)(CC)Oc1ccccc1. The van der Waals surface area contributed by atoms with Gasteiger partial charge in [-0.3, -0.25) is 0 Å². The number of ether oxygens (including phenoxy) is 2. The van der Waals surface area contributed by atoms with Gasteiger partial charge in [0.05, 0.1) is 6.61 Å². The molecule has 1 rings (SSSR count). The molecule has 0 aromatic heterocycles. The number of esters is 1. The van der Waals surface area contributed by atoms with Crippen molar-refractivity contribution in [2.24, 2.45) is 0 Å². The van der Waals surface area contributed by atoms with Crippen LogP contribution in [0.4, 0.5) is 0 Å². The van der Waals surface area contributed by atoms with E-state index in [0.29, 0.717) is 12.2 Å². The molecule has 0 bridgehead atoms. The van der Waals surface area contributed by atoms with Gasteiger partial charge < -0.3 is 9.47 Å². The monoisotopic (exact) mass is 242 g/mol. The molecule has 1 aromatic rings. The smallest absolute Gasteiger partial charge is 0.366 e. The molecule has 0 fully saturated rings. The third-order valence-corrected chi connectivity index (χ3v) is 2.56. The van der Waals surface area contributed by atoms with Crippen LogP contribution in [0.1, 0.15) is 20.3 Å². The standard InChI is InChI=1S/C12H15ClO3/c1-3-12(13,11(14)15-4-2)16-10-8-6-5-7-9-10/h5-9H,3-4H2,1-2H3. The van der Waals surface area contributed by atoms with Gasteiger partial charge >= 0.3 is 5.97 Å². The highest BCUT2D eigenvalue weighted by Crippen LogP contribution is 2.26. The predicted octanol–water partition coefficient (Wildman–Crippen LogP) is 2.97. The van der Waals surface area contributed by atoms with Gasteiger partial charge in [-0.1, -0.05) is 36.7 Å². The van der Waals surface area contributed by atoms with Crippen molar-refractivity contribution in [3.63, 3.8) is 0 Å². The summed E-state index contributed by atoms with van der Waals surface area (Å²) in [4.78, 5) is 11.6.